The molecule has 1 unspecified atom stereocenters. The summed E-state index contributed by atoms with van der Waals surface area (Å²) in [5.41, 5.74) is 8.87. The average Bonchev–Trinajstić information content (AvgIpc) is 2.92. The van der Waals surface area contributed by atoms with E-state index in [0.717, 1.165) is 16.7 Å². The van der Waals surface area contributed by atoms with Gasteiger partial charge in [-0.25, -0.2) is 0 Å². The number of aliphatic hydroxyl groups excluding tert-OH is 1. The van der Waals surface area contributed by atoms with E-state index in [1.165, 1.54) is 4.90 Å². The Labute approximate surface area is 241 Å². The zero-order chi connectivity index (χ0) is 30.2. The lowest BCUT2D eigenvalue weighted by atomic mass is 9.92. The summed E-state index contributed by atoms with van der Waals surface area (Å²) in [6, 6.07) is 10.7. The van der Waals surface area contributed by atoms with Crippen molar-refractivity contribution in [2.45, 2.75) is 70.1 Å². The van der Waals surface area contributed by atoms with E-state index < -0.39 is 55.2 Å². The number of fused-ring (bicyclic) bond motifs is 1. The van der Waals surface area contributed by atoms with Gasteiger partial charge in [0.1, 0.15) is 12.3 Å². The maximum Gasteiger partial charge on any atom is 0.390 e. The van der Waals surface area contributed by atoms with E-state index in [9.17, 15) is 32.7 Å². The van der Waals surface area contributed by atoms with Gasteiger partial charge in [0.15, 0.2) is 0 Å². The van der Waals surface area contributed by atoms with Gasteiger partial charge in [0.25, 0.3) is 0 Å². The van der Waals surface area contributed by atoms with Gasteiger partial charge in [0.05, 0.1) is 12.5 Å². The first-order valence-corrected chi connectivity index (χ1v) is 13.7. The molecule has 1 aliphatic rings. The number of hydrogen-bond donors (Lipinski definition) is 5. The van der Waals surface area contributed by atoms with E-state index in [1.54, 1.807) is 18.2 Å². The minimum Gasteiger partial charge on any atom is -0.372 e. The van der Waals surface area contributed by atoms with Crippen LogP contribution in [0.3, 0.4) is 0 Å². The summed E-state index contributed by atoms with van der Waals surface area (Å²) in [5.74, 6) is -1.68. The van der Waals surface area contributed by atoms with Crippen molar-refractivity contribution in [2.24, 2.45) is 5.73 Å². The summed E-state index contributed by atoms with van der Waals surface area (Å²) in [6.07, 6.45) is -6.92. The molecule has 0 spiro atoms. The SMILES string of the molecule is Cc1cc(NC(O)[C@H](CCN)NC(=O)[C@@H]2Cc3ccccc3CN2C(=O)CCC(=O)NCCC(F)(F)F)ccc1Cl. The van der Waals surface area contributed by atoms with Gasteiger partial charge in [-0.05, 0) is 54.8 Å². The fourth-order valence-corrected chi connectivity index (χ4v) is 4.71. The topological polar surface area (TPSA) is 137 Å². The number of nitrogens with one attached hydrogen (secondary N) is 3. The van der Waals surface area contributed by atoms with Gasteiger partial charge in [0, 0.05) is 43.1 Å². The number of rotatable bonds is 12. The Bertz CT molecular complexity index is 1230. The third kappa shape index (κ3) is 9.61. The number of alkyl halides is 3. The number of amides is 3. The van der Waals surface area contributed by atoms with Crippen molar-refractivity contribution in [3.63, 3.8) is 0 Å². The summed E-state index contributed by atoms with van der Waals surface area (Å²) in [5, 5.41) is 19.4. The highest BCUT2D eigenvalue weighted by molar-refractivity contribution is 6.31. The molecule has 9 nitrogen and oxygen atoms in total. The molecule has 3 atom stereocenters. The Kier molecular flexibility index (Phi) is 11.4. The maximum atomic E-state index is 13.5. The summed E-state index contributed by atoms with van der Waals surface area (Å²) >= 11 is 6.08. The van der Waals surface area contributed by atoms with Crippen molar-refractivity contribution in [3.8, 4) is 0 Å². The lowest BCUT2D eigenvalue weighted by Gasteiger charge is -2.37. The van der Waals surface area contributed by atoms with E-state index in [0.29, 0.717) is 10.7 Å². The van der Waals surface area contributed by atoms with Crippen molar-refractivity contribution < 1.29 is 32.7 Å². The molecule has 3 amide bonds. The predicted octanol–water partition coefficient (Wildman–Crippen LogP) is 3.01. The number of halogens is 4. The number of aryl methyl sites for hydroxylation is 1. The van der Waals surface area contributed by atoms with Gasteiger partial charge in [-0.2, -0.15) is 13.2 Å². The highest BCUT2D eigenvalue weighted by Gasteiger charge is 2.36. The number of nitrogens with zero attached hydrogens (tertiary/aromatic N) is 1. The molecule has 0 saturated carbocycles. The van der Waals surface area contributed by atoms with Crippen molar-refractivity contribution >= 4 is 35.0 Å². The summed E-state index contributed by atoms with van der Waals surface area (Å²) < 4.78 is 37.0. The molecule has 0 aromatic heterocycles. The largest absolute Gasteiger partial charge is 0.390 e. The van der Waals surface area contributed by atoms with Gasteiger partial charge in [-0.1, -0.05) is 35.9 Å². The molecule has 3 rings (SSSR count). The molecule has 2 aromatic rings. The monoisotopic (exact) mass is 597 g/mol. The number of anilines is 1. The van der Waals surface area contributed by atoms with Gasteiger partial charge in [-0.15, -0.1) is 0 Å². The van der Waals surface area contributed by atoms with Crippen LogP contribution in [0.15, 0.2) is 42.5 Å². The summed E-state index contributed by atoms with van der Waals surface area (Å²) in [6.45, 7) is 1.53. The number of benzene rings is 2. The molecule has 0 radical (unpaired) electrons. The first-order chi connectivity index (χ1) is 19.4. The zero-order valence-corrected chi connectivity index (χ0v) is 23.4. The van der Waals surface area contributed by atoms with Crippen molar-refractivity contribution in [3.05, 3.63) is 64.2 Å². The first kappa shape index (κ1) is 32.2. The standard InChI is InChI=1S/C28H35ClF3N5O4/c1-17-14-20(6-7-21(17)29)35-26(40)22(10-12-33)36-27(41)23-15-18-4-2-3-5-19(18)16-37(23)25(39)9-8-24(38)34-13-11-28(30,31)32/h2-7,14,22-23,26,35,40H,8-13,15-16,33H2,1H3,(H,34,38)(H,36,41)/t22-,23-,26?/m0/s1. The first-order valence-electron chi connectivity index (χ1n) is 13.3. The molecular formula is C28H35ClF3N5O4. The molecule has 13 heteroatoms. The van der Waals surface area contributed by atoms with Gasteiger partial charge in [-0.3, -0.25) is 14.4 Å². The van der Waals surface area contributed by atoms with Crippen LogP contribution >= 0.6 is 11.6 Å². The number of aliphatic hydroxyl groups is 1. The second-order valence-corrected chi connectivity index (χ2v) is 10.4. The van der Waals surface area contributed by atoms with Crippen LogP contribution < -0.4 is 21.7 Å². The quantitative estimate of drug-likeness (QED) is 0.239. The fourth-order valence-electron chi connectivity index (χ4n) is 4.59. The Morgan fingerprint density at radius 1 is 1.15 bits per heavy atom. The number of nitrogens with two attached hydrogens (primary N) is 1. The molecule has 6 N–H and O–H groups in total. The highest BCUT2D eigenvalue weighted by Crippen LogP contribution is 2.25. The fraction of sp³-hybridized carbons (Fsp3) is 0.464. The van der Waals surface area contributed by atoms with Crippen LogP contribution in [-0.4, -0.2) is 65.3 Å². The van der Waals surface area contributed by atoms with E-state index in [4.69, 9.17) is 17.3 Å². The Morgan fingerprint density at radius 2 is 1.85 bits per heavy atom. The van der Waals surface area contributed by atoms with Crippen LogP contribution in [0.5, 0.6) is 0 Å². The smallest absolute Gasteiger partial charge is 0.372 e. The number of carbonyl (C=O) groups excluding carboxylic acids is 3. The Hall–Kier alpha value is -3.35. The summed E-state index contributed by atoms with van der Waals surface area (Å²) in [4.78, 5) is 40.1. The molecular weight excluding hydrogens is 563 g/mol. The van der Waals surface area contributed by atoms with Crippen LogP contribution in [0.25, 0.3) is 0 Å². The summed E-state index contributed by atoms with van der Waals surface area (Å²) in [7, 11) is 0. The molecule has 224 valence electrons. The van der Waals surface area contributed by atoms with Crippen LogP contribution in [-0.2, 0) is 27.3 Å². The van der Waals surface area contributed by atoms with E-state index in [1.807, 2.05) is 31.2 Å². The van der Waals surface area contributed by atoms with Crippen molar-refractivity contribution in [1.29, 1.82) is 0 Å². The molecule has 0 saturated heterocycles. The normalized spacial score (nSPS) is 16.4. The van der Waals surface area contributed by atoms with Crippen molar-refractivity contribution in [1.82, 2.24) is 15.5 Å². The minimum absolute atomic E-state index is 0.120. The van der Waals surface area contributed by atoms with Crippen LogP contribution in [0.2, 0.25) is 5.02 Å². The predicted molar refractivity (Wildman–Crippen MR) is 149 cm³/mol. The van der Waals surface area contributed by atoms with E-state index in [-0.39, 0.29) is 38.8 Å². The number of carbonyl (C=O) groups is 3. The molecule has 0 aliphatic carbocycles. The minimum atomic E-state index is -4.40. The second kappa shape index (κ2) is 14.5. The van der Waals surface area contributed by atoms with E-state index in [2.05, 4.69) is 16.0 Å². The second-order valence-electron chi connectivity index (χ2n) is 9.97. The number of hydrogen-bond acceptors (Lipinski definition) is 6. The van der Waals surface area contributed by atoms with Crippen LogP contribution in [0.4, 0.5) is 18.9 Å². The van der Waals surface area contributed by atoms with Gasteiger partial charge < -0.3 is 31.7 Å². The van der Waals surface area contributed by atoms with E-state index >= 15 is 0 Å². The molecule has 0 bridgehead atoms. The van der Waals surface area contributed by atoms with Gasteiger partial charge >= 0.3 is 6.18 Å². The molecule has 1 aliphatic heterocycles. The Balaban J connectivity index is 1.70. The van der Waals surface area contributed by atoms with Crippen molar-refractivity contribution in [2.75, 3.05) is 18.4 Å². The highest BCUT2D eigenvalue weighted by atomic mass is 35.5. The third-order valence-corrected chi connectivity index (χ3v) is 7.25. The molecule has 2 aromatic carbocycles. The van der Waals surface area contributed by atoms with Crippen LogP contribution in [0.1, 0.15) is 42.4 Å². The molecule has 0 fully saturated rings. The molecule has 1 heterocycles. The van der Waals surface area contributed by atoms with Crippen LogP contribution in [0, 0.1) is 6.92 Å². The zero-order valence-electron chi connectivity index (χ0n) is 22.6. The third-order valence-electron chi connectivity index (χ3n) is 6.83. The molecule has 41 heavy (non-hydrogen) atoms. The average molecular weight is 598 g/mol. The lowest BCUT2D eigenvalue weighted by Crippen LogP contribution is -2.57. The maximum absolute atomic E-state index is 13.5. The Morgan fingerprint density at radius 3 is 2.51 bits per heavy atom. The van der Waals surface area contributed by atoms with Gasteiger partial charge in [0.2, 0.25) is 17.7 Å². The lowest BCUT2D eigenvalue weighted by molar-refractivity contribution is -0.143.